The van der Waals surface area contributed by atoms with Crippen molar-refractivity contribution in [2.45, 2.75) is 24.8 Å². The molecule has 0 saturated heterocycles. The average Bonchev–Trinajstić information content (AvgIpc) is 2.46. The van der Waals surface area contributed by atoms with Crippen molar-refractivity contribution in [3.05, 3.63) is 71.3 Å². The Morgan fingerprint density at radius 1 is 0.895 bits per heavy atom. The van der Waals surface area contributed by atoms with E-state index in [1.165, 1.54) is 29.5 Å². The number of fused-ring (bicyclic) bond motifs is 1. The van der Waals surface area contributed by atoms with Crippen LogP contribution in [-0.4, -0.2) is 25.0 Å². The summed E-state index contributed by atoms with van der Waals surface area (Å²) in [4.78, 5) is 2.38. The van der Waals surface area contributed by atoms with Gasteiger partial charge in [-0.2, -0.15) is 0 Å². The maximum atomic E-state index is 2.38. The van der Waals surface area contributed by atoms with Crippen molar-refractivity contribution in [2.24, 2.45) is 0 Å². The lowest BCUT2D eigenvalue weighted by molar-refractivity contribution is 0.245. The smallest absolute Gasteiger partial charge is 0.0248 e. The van der Waals surface area contributed by atoms with Crippen LogP contribution < -0.4 is 0 Å². The Morgan fingerprint density at radius 3 is 2.32 bits per heavy atom. The topological polar surface area (TPSA) is 3.24 Å². The summed E-state index contributed by atoms with van der Waals surface area (Å²) in [5.74, 6) is 0.501. The van der Waals surface area contributed by atoms with Gasteiger partial charge in [0.25, 0.3) is 0 Å². The highest BCUT2D eigenvalue weighted by Crippen LogP contribution is 2.38. The molecule has 98 valence electrons. The third-order valence-electron chi connectivity index (χ3n) is 4.31. The predicted molar refractivity (Wildman–Crippen MR) is 80.5 cm³/mol. The van der Waals surface area contributed by atoms with Gasteiger partial charge in [-0.15, -0.1) is 0 Å². The van der Waals surface area contributed by atoms with Crippen molar-refractivity contribution < 1.29 is 0 Å². The molecule has 19 heavy (non-hydrogen) atoms. The molecule has 2 atom stereocenters. The standard InChI is InChI=1S/C18H21N/c1-19(2)17-13-12-14-8-6-7-11-16(14)18(17)15-9-4-3-5-10-15/h3-11,17-18H,12-13H2,1-2H3/t17-,18-/m0/s1. The highest BCUT2D eigenvalue weighted by molar-refractivity contribution is 5.41. The van der Waals surface area contributed by atoms with Crippen molar-refractivity contribution >= 4 is 0 Å². The van der Waals surface area contributed by atoms with Gasteiger partial charge in [0.15, 0.2) is 0 Å². The summed E-state index contributed by atoms with van der Waals surface area (Å²) in [6.07, 6.45) is 2.44. The molecule has 1 aliphatic rings. The third kappa shape index (κ3) is 2.31. The zero-order chi connectivity index (χ0) is 13.2. The van der Waals surface area contributed by atoms with Crippen LogP contribution in [0.25, 0.3) is 0 Å². The summed E-state index contributed by atoms with van der Waals surface area (Å²) in [7, 11) is 4.41. The Balaban J connectivity index is 2.10. The SMILES string of the molecule is CN(C)[C@H]1CCc2ccccc2[C@@H]1c1ccccc1. The first-order chi connectivity index (χ1) is 9.27. The summed E-state index contributed by atoms with van der Waals surface area (Å²) in [5.41, 5.74) is 4.47. The van der Waals surface area contributed by atoms with E-state index < -0.39 is 0 Å². The average molecular weight is 251 g/mol. The molecule has 3 rings (SSSR count). The zero-order valence-corrected chi connectivity index (χ0v) is 11.7. The Hall–Kier alpha value is -1.60. The fourth-order valence-electron chi connectivity index (χ4n) is 3.36. The van der Waals surface area contributed by atoms with Gasteiger partial charge in [0.1, 0.15) is 0 Å². The van der Waals surface area contributed by atoms with E-state index in [1.54, 1.807) is 0 Å². The molecule has 0 aliphatic heterocycles. The van der Waals surface area contributed by atoms with E-state index in [-0.39, 0.29) is 0 Å². The molecule has 1 heteroatoms. The minimum atomic E-state index is 0.501. The second kappa shape index (κ2) is 5.18. The normalized spacial score (nSPS) is 22.3. The maximum Gasteiger partial charge on any atom is 0.0248 e. The molecule has 0 fully saturated rings. The number of hydrogen-bond acceptors (Lipinski definition) is 1. The maximum absolute atomic E-state index is 2.38. The Morgan fingerprint density at radius 2 is 1.58 bits per heavy atom. The number of hydrogen-bond donors (Lipinski definition) is 0. The molecule has 2 aromatic rings. The van der Waals surface area contributed by atoms with Crippen molar-refractivity contribution in [1.29, 1.82) is 0 Å². The van der Waals surface area contributed by atoms with Crippen LogP contribution >= 0.6 is 0 Å². The molecule has 0 aromatic heterocycles. The van der Waals surface area contributed by atoms with E-state index in [0.717, 1.165) is 0 Å². The fourth-order valence-corrected chi connectivity index (χ4v) is 3.36. The van der Waals surface area contributed by atoms with Crippen molar-refractivity contribution in [3.63, 3.8) is 0 Å². The molecule has 0 amide bonds. The van der Waals surface area contributed by atoms with Crippen LogP contribution in [0, 0.1) is 0 Å². The van der Waals surface area contributed by atoms with Gasteiger partial charge in [-0.1, -0.05) is 54.6 Å². The molecular weight excluding hydrogens is 230 g/mol. The van der Waals surface area contributed by atoms with Gasteiger partial charge in [0.2, 0.25) is 0 Å². The quantitative estimate of drug-likeness (QED) is 0.786. The molecule has 0 heterocycles. The van der Waals surface area contributed by atoms with E-state index in [9.17, 15) is 0 Å². The number of benzene rings is 2. The second-order valence-corrected chi connectivity index (χ2v) is 5.66. The monoisotopic (exact) mass is 251 g/mol. The summed E-state index contributed by atoms with van der Waals surface area (Å²) < 4.78 is 0. The first kappa shape index (κ1) is 12.4. The molecule has 0 spiro atoms. The second-order valence-electron chi connectivity index (χ2n) is 5.66. The Bertz CT molecular complexity index is 545. The van der Waals surface area contributed by atoms with Gasteiger partial charge < -0.3 is 4.90 Å². The van der Waals surface area contributed by atoms with Crippen LogP contribution in [0.5, 0.6) is 0 Å². The molecule has 2 aromatic carbocycles. The van der Waals surface area contributed by atoms with Gasteiger partial charge >= 0.3 is 0 Å². The summed E-state index contributed by atoms with van der Waals surface area (Å²) in [5, 5.41) is 0. The summed E-state index contributed by atoms with van der Waals surface area (Å²) in [6, 6.07) is 20.5. The van der Waals surface area contributed by atoms with Gasteiger partial charge in [-0.05, 0) is 43.6 Å². The minimum absolute atomic E-state index is 0.501. The molecule has 1 nitrogen and oxygen atoms in total. The van der Waals surface area contributed by atoms with Crippen LogP contribution in [0.2, 0.25) is 0 Å². The van der Waals surface area contributed by atoms with Crippen molar-refractivity contribution in [3.8, 4) is 0 Å². The van der Waals surface area contributed by atoms with Crippen LogP contribution in [0.3, 0.4) is 0 Å². The van der Waals surface area contributed by atoms with Crippen LogP contribution in [-0.2, 0) is 6.42 Å². The van der Waals surface area contributed by atoms with Gasteiger partial charge in [-0.25, -0.2) is 0 Å². The molecule has 0 unspecified atom stereocenters. The van der Waals surface area contributed by atoms with Crippen LogP contribution in [0.15, 0.2) is 54.6 Å². The van der Waals surface area contributed by atoms with E-state index in [2.05, 4.69) is 73.6 Å². The number of likely N-dealkylation sites (N-methyl/N-ethyl adjacent to an activating group) is 1. The number of nitrogens with zero attached hydrogens (tertiary/aromatic N) is 1. The molecule has 0 saturated carbocycles. The largest absolute Gasteiger partial charge is 0.305 e. The molecular formula is C18H21N. The third-order valence-corrected chi connectivity index (χ3v) is 4.31. The van der Waals surface area contributed by atoms with E-state index >= 15 is 0 Å². The van der Waals surface area contributed by atoms with Crippen molar-refractivity contribution in [1.82, 2.24) is 4.90 Å². The van der Waals surface area contributed by atoms with Gasteiger partial charge in [0.05, 0.1) is 0 Å². The van der Waals surface area contributed by atoms with Crippen LogP contribution in [0.4, 0.5) is 0 Å². The minimum Gasteiger partial charge on any atom is -0.305 e. The molecule has 1 aliphatic carbocycles. The summed E-state index contributed by atoms with van der Waals surface area (Å²) >= 11 is 0. The van der Waals surface area contributed by atoms with Crippen molar-refractivity contribution in [2.75, 3.05) is 14.1 Å². The lowest BCUT2D eigenvalue weighted by atomic mass is 9.75. The Kier molecular flexibility index (Phi) is 3.39. The van der Waals surface area contributed by atoms with Crippen LogP contribution in [0.1, 0.15) is 29.0 Å². The summed E-state index contributed by atoms with van der Waals surface area (Å²) in [6.45, 7) is 0. The zero-order valence-electron chi connectivity index (χ0n) is 11.7. The Labute approximate surface area is 115 Å². The number of rotatable bonds is 2. The number of aryl methyl sites for hydroxylation is 1. The first-order valence-corrected chi connectivity index (χ1v) is 7.06. The lowest BCUT2D eigenvalue weighted by Gasteiger charge is -2.38. The first-order valence-electron chi connectivity index (χ1n) is 7.06. The lowest BCUT2D eigenvalue weighted by Crippen LogP contribution is -2.38. The highest BCUT2D eigenvalue weighted by Gasteiger charge is 2.31. The van der Waals surface area contributed by atoms with E-state index in [1.807, 2.05) is 0 Å². The highest BCUT2D eigenvalue weighted by atomic mass is 15.1. The van der Waals surface area contributed by atoms with Gasteiger partial charge in [-0.3, -0.25) is 0 Å². The van der Waals surface area contributed by atoms with E-state index in [0.29, 0.717) is 12.0 Å². The molecule has 0 N–H and O–H groups in total. The fraction of sp³-hybridized carbons (Fsp3) is 0.333. The predicted octanol–water partition coefficient (Wildman–Crippen LogP) is 3.69. The molecule has 0 bridgehead atoms. The molecule has 0 radical (unpaired) electrons. The van der Waals surface area contributed by atoms with E-state index in [4.69, 9.17) is 0 Å². The van der Waals surface area contributed by atoms with Gasteiger partial charge in [0, 0.05) is 12.0 Å².